The number of methoxy groups -OCH3 is 1. The van der Waals surface area contributed by atoms with E-state index < -0.39 is 0 Å². The SMILES string of the molecule is CCNC(=NCC1(c2ccc3c(c2)OCO3)CCOCC1)N1CCC(C(=O)OC)CC1. The Hall–Kier alpha value is -2.48. The zero-order valence-corrected chi connectivity index (χ0v) is 18.5. The Morgan fingerprint density at radius 3 is 2.68 bits per heavy atom. The smallest absolute Gasteiger partial charge is 0.308 e. The van der Waals surface area contributed by atoms with Crippen molar-refractivity contribution in [2.45, 2.75) is 38.0 Å². The van der Waals surface area contributed by atoms with Crippen molar-refractivity contribution in [2.75, 3.05) is 53.3 Å². The minimum absolute atomic E-state index is 0.0143. The molecule has 0 unspecified atom stereocenters. The molecule has 0 bridgehead atoms. The van der Waals surface area contributed by atoms with Crippen LogP contribution in [0.4, 0.5) is 0 Å². The molecular formula is C23H33N3O5. The quantitative estimate of drug-likeness (QED) is 0.435. The Kier molecular flexibility index (Phi) is 6.85. The third-order valence-corrected chi connectivity index (χ3v) is 6.63. The third kappa shape index (κ3) is 4.74. The first-order valence-corrected chi connectivity index (χ1v) is 11.2. The van der Waals surface area contributed by atoms with Crippen LogP contribution in [-0.4, -0.2) is 70.1 Å². The van der Waals surface area contributed by atoms with E-state index in [1.807, 2.05) is 6.07 Å². The highest BCUT2D eigenvalue weighted by Gasteiger charge is 2.36. The number of ether oxygens (including phenoxy) is 4. The Balaban J connectivity index is 1.52. The van der Waals surface area contributed by atoms with E-state index in [2.05, 4.69) is 29.3 Å². The molecule has 0 aromatic heterocycles. The van der Waals surface area contributed by atoms with Gasteiger partial charge in [-0.15, -0.1) is 0 Å². The topological polar surface area (TPSA) is 81.6 Å². The minimum atomic E-state index is -0.106. The van der Waals surface area contributed by atoms with Gasteiger partial charge in [0.05, 0.1) is 19.6 Å². The van der Waals surface area contributed by atoms with Crippen molar-refractivity contribution in [1.82, 2.24) is 10.2 Å². The zero-order chi connectivity index (χ0) is 21.7. The fourth-order valence-electron chi connectivity index (χ4n) is 4.67. The highest BCUT2D eigenvalue weighted by atomic mass is 16.7. The van der Waals surface area contributed by atoms with Gasteiger partial charge in [0.15, 0.2) is 17.5 Å². The number of piperidine rings is 1. The fraction of sp³-hybridized carbons (Fsp3) is 0.652. The van der Waals surface area contributed by atoms with Crippen LogP contribution in [0.3, 0.4) is 0 Å². The number of likely N-dealkylation sites (tertiary alicyclic amines) is 1. The van der Waals surface area contributed by atoms with Gasteiger partial charge in [-0.1, -0.05) is 6.07 Å². The molecule has 0 amide bonds. The summed E-state index contributed by atoms with van der Waals surface area (Å²) in [5.74, 6) is 2.41. The van der Waals surface area contributed by atoms with Gasteiger partial charge in [0.1, 0.15) is 0 Å². The van der Waals surface area contributed by atoms with Crippen molar-refractivity contribution in [1.29, 1.82) is 0 Å². The minimum Gasteiger partial charge on any atom is -0.469 e. The van der Waals surface area contributed by atoms with E-state index in [-0.39, 0.29) is 24.1 Å². The third-order valence-electron chi connectivity index (χ3n) is 6.63. The fourth-order valence-corrected chi connectivity index (χ4v) is 4.67. The molecule has 3 aliphatic rings. The van der Waals surface area contributed by atoms with E-state index in [9.17, 15) is 4.79 Å². The first-order chi connectivity index (χ1) is 15.1. The van der Waals surface area contributed by atoms with Crippen LogP contribution in [0, 0.1) is 5.92 Å². The van der Waals surface area contributed by atoms with Crippen LogP contribution >= 0.6 is 0 Å². The first kappa shape index (κ1) is 21.7. The average Bonchev–Trinajstić information content (AvgIpc) is 3.30. The summed E-state index contributed by atoms with van der Waals surface area (Å²) >= 11 is 0. The molecular weight excluding hydrogens is 398 g/mol. The number of esters is 1. The monoisotopic (exact) mass is 431 g/mol. The lowest BCUT2D eigenvalue weighted by Crippen LogP contribution is -2.47. The molecule has 0 radical (unpaired) electrons. The lowest BCUT2D eigenvalue weighted by molar-refractivity contribution is -0.146. The summed E-state index contributed by atoms with van der Waals surface area (Å²) in [4.78, 5) is 19.2. The molecule has 1 aromatic rings. The average molecular weight is 432 g/mol. The summed E-state index contributed by atoms with van der Waals surface area (Å²) < 4.78 is 21.7. The van der Waals surface area contributed by atoms with Crippen molar-refractivity contribution in [3.05, 3.63) is 23.8 Å². The molecule has 4 rings (SSSR count). The molecule has 1 aromatic carbocycles. The van der Waals surface area contributed by atoms with E-state index in [0.29, 0.717) is 6.54 Å². The van der Waals surface area contributed by atoms with E-state index in [1.165, 1.54) is 12.7 Å². The highest BCUT2D eigenvalue weighted by molar-refractivity contribution is 5.80. The summed E-state index contributed by atoms with van der Waals surface area (Å²) in [6.07, 6.45) is 3.41. The van der Waals surface area contributed by atoms with Crippen molar-refractivity contribution in [3.8, 4) is 11.5 Å². The number of hydrogen-bond donors (Lipinski definition) is 1. The summed E-state index contributed by atoms with van der Waals surface area (Å²) in [7, 11) is 1.46. The van der Waals surface area contributed by atoms with E-state index in [4.69, 9.17) is 23.9 Å². The number of rotatable bonds is 5. The number of benzene rings is 1. The summed E-state index contributed by atoms with van der Waals surface area (Å²) in [5.41, 5.74) is 1.13. The molecule has 2 saturated heterocycles. The maximum Gasteiger partial charge on any atom is 0.308 e. The second kappa shape index (κ2) is 9.77. The van der Waals surface area contributed by atoms with E-state index in [0.717, 1.165) is 76.0 Å². The van der Waals surface area contributed by atoms with Crippen molar-refractivity contribution in [2.24, 2.45) is 10.9 Å². The van der Waals surface area contributed by atoms with Crippen LogP contribution in [-0.2, 0) is 19.7 Å². The Bertz CT molecular complexity index is 798. The molecule has 0 atom stereocenters. The standard InChI is InChI=1S/C23H33N3O5/c1-3-24-22(26-10-6-17(7-11-26)21(27)28-2)25-15-23(8-12-29-13-9-23)18-4-5-19-20(14-18)31-16-30-19/h4-5,14,17H,3,6-13,15-16H2,1-2H3,(H,24,25). The number of hydrogen-bond acceptors (Lipinski definition) is 6. The molecule has 170 valence electrons. The molecule has 3 heterocycles. The molecule has 8 nitrogen and oxygen atoms in total. The summed E-state index contributed by atoms with van der Waals surface area (Å²) in [5, 5.41) is 3.44. The van der Waals surface area contributed by atoms with Gasteiger partial charge in [-0.25, -0.2) is 0 Å². The maximum atomic E-state index is 11.9. The molecule has 0 saturated carbocycles. The van der Waals surface area contributed by atoms with Crippen molar-refractivity contribution in [3.63, 3.8) is 0 Å². The number of carbonyl (C=O) groups is 1. The van der Waals surface area contributed by atoms with Gasteiger partial charge in [0.25, 0.3) is 0 Å². The number of nitrogens with zero attached hydrogens (tertiary/aromatic N) is 2. The van der Waals surface area contributed by atoms with Crippen LogP contribution in [0.2, 0.25) is 0 Å². The molecule has 8 heteroatoms. The van der Waals surface area contributed by atoms with Crippen LogP contribution in [0.25, 0.3) is 0 Å². The van der Waals surface area contributed by atoms with Gasteiger partial charge in [-0.05, 0) is 50.3 Å². The molecule has 3 aliphatic heterocycles. The lowest BCUT2D eigenvalue weighted by Gasteiger charge is -2.38. The number of carbonyl (C=O) groups excluding carboxylic acids is 1. The van der Waals surface area contributed by atoms with Gasteiger partial charge in [0, 0.05) is 38.3 Å². The Labute approximate surface area is 183 Å². The van der Waals surface area contributed by atoms with Gasteiger partial charge < -0.3 is 29.2 Å². The zero-order valence-electron chi connectivity index (χ0n) is 18.5. The highest BCUT2D eigenvalue weighted by Crippen LogP contribution is 2.41. The van der Waals surface area contributed by atoms with Crippen LogP contribution in [0.1, 0.15) is 38.2 Å². The van der Waals surface area contributed by atoms with Crippen molar-refractivity contribution >= 4 is 11.9 Å². The van der Waals surface area contributed by atoms with Gasteiger partial charge in [-0.3, -0.25) is 9.79 Å². The van der Waals surface area contributed by atoms with Crippen molar-refractivity contribution < 1.29 is 23.7 Å². The largest absolute Gasteiger partial charge is 0.469 e. The molecule has 0 spiro atoms. The number of fused-ring (bicyclic) bond motifs is 1. The maximum absolute atomic E-state index is 11.9. The summed E-state index contributed by atoms with van der Waals surface area (Å²) in [6.45, 7) is 6.89. The molecule has 31 heavy (non-hydrogen) atoms. The number of guanidine groups is 1. The van der Waals surface area contributed by atoms with Crippen LogP contribution in [0.5, 0.6) is 11.5 Å². The van der Waals surface area contributed by atoms with E-state index >= 15 is 0 Å². The molecule has 1 N–H and O–H groups in total. The normalized spacial score (nSPS) is 21.1. The Morgan fingerprint density at radius 2 is 1.97 bits per heavy atom. The predicted octanol–water partition coefficient (Wildman–Crippen LogP) is 2.31. The predicted molar refractivity (Wildman–Crippen MR) is 117 cm³/mol. The number of aliphatic imine (C=N–C) groups is 1. The first-order valence-electron chi connectivity index (χ1n) is 11.2. The summed E-state index contributed by atoms with van der Waals surface area (Å²) in [6, 6.07) is 6.25. The van der Waals surface area contributed by atoms with Gasteiger partial charge in [-0.2, -0.15) is 0 Å². The second-order valence-corrected chi connectivity index (χ2v) is 8.42. The van der Waals surface area contributed by atoms with Crippen LogP contribution in [0.15, 0.2) is 23.2 Å². The molecule has 0 aliphatic carbocycles. The number of nitrogens with one attached hydrogen (secondary N) is 1. The second-order valence-electron chi connectivity index (χ2n) is 8.42. The lowest BCUT2D eigenvalue weighted by atomic mass is 9.74. The van der Waals surface area contributed by atoms with Gasteiger partial charge >= 0.3 is 5.97 Å². The van der Waals surface area contributed by atoms with Gasteiger partial charge in [0.2, 0.25) is 6.79 Å². The van der Waals surface area contributed by atoms with E-state index in [1.54, 1.807) is 0 Å². The van der Waals surface area contributed by atoms with Crippen LogP contribution < -0.4 is 14.8 Å². The molecule has 2 fully saturated rings. The Morgan fingerprint density at radius 1 is 1.23 bits per heavy atom.